The number of fused-ring (bicyclic) bond motifs is 1. The van der Waals surface area contributed by atoms with Crippen LogP contribution < -0.4 is 10.0 Å². The van der Waals surface area contributed by atoms with Crippen molar-refractivity contribution in [3.63, 3.8) is 0 Å². The van der Waals surface area contributed by atoms with Crippen LogP contribution in [0.5, 0.6) is 5.75 Å². The first-order valence-electron chi connectivity index (χ1n) is 10.3. The Morgan fingerprint density at radius 2 is 2.03 bits per heavy atom. The highest BCUT2D eigenvalue weighted by Crippen LogP contribution is 2.30. The molecule has 1 aliphatic carbocycles. The average molecular weight is 437 g/mol. The van der Waals surface area contributed by atoms with Crippen LogP contribution >= 0.6 is 0 Å². The predicted octanol–water partition coefficient (Wildman–Crippen LogP) is -0.379. The highest BCUT2D eigenvalue weighted by Gasteiger charge is 2.46. The molecule has 9 nitrogen and oxygen atoms in total. The molecule has 3 atom stereocenters. The van der Waals surface area contributed by atoms with Crippen LogP contribution in [0.4, 0.5) is 0 Å². The molecular formula is C20H28N4O5S. The number of sulfonamides is 1. The van der Waals surface area contributed by atoms with Crippen LogP contribution in [-0.4, -0.2) is 79.2 Å². The molecule has 4 rings (SSSR count). The van der Waals surface area contributed by atoms with Gasteiger partial charge in [0.1, 0.15) is 11.8 Å². The lowest BCUT2D eigenvalue weighted by atomic mass is 10.0. The molecule has 1 aromatic carbocycles. The normalized spacial score (nSPS) is 27.2. The number of phenolic OH excluding ortho intramolecular Hbond substituents is 1. The first-order chi connectivity index (χ1) is 14.2. The van der Waals surface area contributed by atoms with Crippen LogP contribution in [0.3, 0.4) is 0 Å². The lowest BCUT2D eigenvalue weighted by molar-refractivity contribution is -0.144. The number of carbonyl (C=O) groups excluding carboxylic acids is 2. The Balaban J connectivity index is 1.51. The van der Waals surface area contributed by atoms with Crippen LogP contribution in [0.2, 0.25) is 0 Å². The zero-order valence-electron chi connectivity index (χ0n) is 17.0. The number of aromatic hydroxyl groups is 1. The van der Waals surface area contributed by atoms with Crippen molar-refractivity contribution in [2.75, 3.05) is 25.9 Å². The number of hydrogen-bond acceptors (Lipinski definition) is 6. The van der Waals surface area contributed by atoms with Crippen LogP contribution in [0.15, 0.2) is 24.3 Å². The third-order valence-electron chi connectivity index (χ3n) is 5.96. The van der Waals surface area contributed by atoms with E-state index in [0.29, 0.717) is 26.1 Å². The first-order valence-corrected chi connectivity index (χ1v) is 12.2. The zero-order chi connectivity index (χ0) is 21.5. The highest BCUT2D eigenvalue weighted by molar-refractivity contribution is 7.88. The summed E-state index contributed by atoms with van der Waals surface area (Å²) in [5.41, 5.74) is 0.874. The second-order valence-corrected chi connectivity index (χ2v) is 10.4. The van der Waals surface area contributed by atoms with E-state index in [0.717, 1.165) is 24.7 Å². The van der Waals surface area contributed by atoms with E-state index >= 15 is 0 Å². The molecule has 2 saturated heterocycles. The summed E-state index contributed by atoms with van der Waals surface area (Å²) in [5, 5.41) is 12.7. The van der Waals surface area contributed by atoms with Gasteiger partial charge in [0.2, 0.25) is 21.8 Å². The van der Waals surface area contributed by atoms with Crippen molar-refractivity contribution >= 4 is 21.8 Å². The fraction of sp³-hybridized carbons (Fsp3) is 0.600. The van der Waals surface area contributed by atoms with Crippen molar-refractivity contribution in [2.45, 2.75) is 43.9 Å². The van der Waals surface area contributed by atoms with Crippen molar-refractivity contribution in [3.05, 3.63) is 29.8 Å². The summed E-state index contributed by atoms with van der Waals surface area (Å²) in [6.07, 6.45) is 3.46. The Kier molecular flexibility index (Phi) is 5.73. The second kappa shape index (κ2) is 8.16. The molecule has 2 amide bonds. The summed E-state index contributed by atoms with van der Waals surface area (Å²) in [5.74, 6) is 0.112. The molecule has 0 radical (unpaired) electrons. The minimum atomic E-state index is -3.36. The Morgan fingerprint density at radius 1 is 1.27 bits per heavy atom. The Labute approximate surface area is 176 Å². The van der Waals surface area contributed by atoms with Crippen molar-refractivity contribution < 1.29 is 23.1 Å². The number of rotatable bonds is 7. The van der Waals surface area contributed by atoms with E-state index in [1.807, 2.05) is 11.0 Å². The van der Waals surface area contributed by atoms with Crippen molar-refractivity contribution in [3.8, 4) is 5.75 Å². The van der Waals surface area contributed by atoms with Crippen molar-refractivity contribution in [1.29, 1.82) is 0 Å². The van der Waals surface area contributed by atoms with Crippen molar-refractivity contribution in [1.82, 2.24) is 19.8 Å². The van der Waals surface area contributed by atoms with Gasteiger partial charge in [0.25, 0.3) is 0 Å². The Bertz CT molecular complexity index is 933. The standard InChI is InChI=1S/C20H28N4O5S/c1-30(28,29)22-15-8-16-12-23(10-13-3-2-4-17(25)7-13)18(20(27)24(16)11-15)9-21-19(26)14-5-6-14/h2-4,7,14-16,18,22,25H,5-6,8-12H2,1H3,(H,21,26)/t15-,16-,18-/m0/s1. The van der Waals surface area contributed by atoms with Gasteiger partial charge >= 0.3 is 0 Å². The smallest absolute Gasteiger partial charge is 0.242 e. The third-order valence-corrected chi connectivity index (χ3v) is 6.72. The summed E-state index contributed by atoms with van der Waals surface area (Å²) in [6.45, 7) is 1.59. The molecule has 0 aromatic heterocycles. The molecule has 0 unspecified atom stereocenters. The lowest BCUT2D eigenvalue weighted by Crippen LogP contribution is -2.62. The number of nitrogens with zero attached hydrogens (tertiary/aromatic N) is 2. The number of benzene rings is 1. The van der Waals surface area contributed by atoms with Crippen molar-refractivity contribution in [2.24, 2.45) is 5.92 Å². The van der Waals surface area contributed by atoms with E-state index in [2.05, 4.69) is 10.0 Å². The molecular weight excluding hydrogens is 408 g/mol. The van der Waals surface area contributed by atoms with E-state index in [4.69, 9.17) is 0 Å². The van der Waals surface area contributed by atoms with Gasteiger partial charge in [-0.25, -0.2) is 13.1 Å². The van der Waals surface area contributed by atoms with Gasteiger partial charge in [0.05, 0.1) is 6.26 Å². The van der Waals surface area contributed by atoms with Crippen LogP contribution in [0.25, 0.3) is 0 Å². The molecule has 3 N–H and O–H groups in total. The van der Waals surface area contributed by atoms with E-state index in [1.54, 1.807) is 23.1 Å². The zero-order valence-corrected chi connectivity index (χ0v) is 17.8. The molecule has 0 spiro atoms. The van der Waals surface area contributed by atoms with Gasteiger partial charge in [0, 0.05) is 44.2 Å². The molecule has 2 heterocycles. The maximum absolute atomic E-state index is 13.3. The number of phenols is 1. The fourth-order valence-electron chi connectivity index (χ4n) is 4.46. The maximum Gasteiger partial charge on any atom is 0.242 e. The predicted molar refractivity (Wildman–Crippen MR) is 110 cm³/mol. The van der Waals surface area contributed by atoms with Gasteiger partial charge in [-0.3, -0.25) is 14.5 Å². The lowest BCUT2D eigenvalue weighted by Gasteiger charge is -2.43. The number of carbonyl (C=O) groups is 2. The summed E-state index contributed by atoms with van der Waals surface area (Å²) < 4.78 is 25.9. The van der Waals surface area contributed by atoms with Gasteiger partial charge in [0.15, 0.2) is 0 Å². The summed E-state index contributed by atoms with van der Waals surface area (Å²) in [6, 6.07) is 5.98. The largest absolute Gasteiger partial charge is 0.508 e. The van der Waals surface area contributed by atoms with Gasteiger partial charge in [-0.2, -0.15) is 0 Å². The Morgan fingerprint density at radius 3 is 2.70 bits per heavy atom. The fourth-order valence-corrected chi connectivity index (χ4v) is 5.24. The van der Waals surface area contributed by atoms with E-state index in [9.17, 15) is 23.1 Å². The van der Waals surface area contributed by atoms with Crippen LogP contribution in [0.1, 0.15) is 24.8 Å². The first kappa shape index (κ1) is 21.1. The molecule has 1 saturated carbocycles. The average Bonchev–Trinajstić information content (AvgIpc) is 3.42. The van der Waals surface area contributed by atoms with Gasteiger partial charge in [-0.05, 0) is 37.0 Å². The third kappa shape index (κ3) is 4.93. The van der Waals surface area contributed by atoms with Gasteiger partial charge < -0.3 is 15.3 Å². The summed E-state index contributed by atoms with van der Waals surface area (Å²) in [4.78, 5) is 29.2. The summed E-state index contributed by atoms with van der Waals surface area (Å²) in [7, 11) is -3.36. The molecule has 164 valence electrons. The number of amides is 2. The molecule has 0 bridgehead atoms. The van der Waals surface area contributed by atoms with Crippen LogP contribution in [0, 0.1) is 5.92 Å². The Hall–Kier alpha value is -2.17. The van der Waals surface area contributed by atoms with Crippen LogP contribution in [-0.2, 0) is 26.2 Å². The molecule has 10 heteroatoms. The van der Waals surface area contributed by atoms with E-state index < -0.39 is 16.1 Å². The monoisotopic (exact) mass is 436 g/mol. The summed E-state index contributed by atoms with van der Waals surface area (Å²) >= 11 is 0. The molecule has 3 aliphatic rings. The van der Waals surface area contributed by atoms with E-state index in [-0.39, 0.29) is 42.1 Å². The quantitative estimate of drug-likeness (QED) is 0.536. The SMILES string of the molecule is CS(=O)(=O)N[C@H]1C[C@H]2CN(Cc3cccc(O)c3)[C@@H](CNC(=O)C3CC3)C(=O)N2C1. The minimum absolute atomic E-state index is 0.0136. The van der Waals surface area contributed by atoms with E-state index in [1.165, 1.54) is 0 Å². The number of piperazine rings is 1. The number of hydrogen-bond donors (Lipinski definition) is 3. The maximum atomic E-state index is 13.3. The molecule has 1 aromatic rings. The molecule has 2 aliphatic heterocycles. The molecule has 30 heavy (non-hydrogen) atoms. The second-order valence-electron chi connectivity index (χ2n) is 8.60. The van der Waals surface area contributed by atoms with Gasteiger partial charge in [-0.1, -0.05) is 12.1 Å². The minimum Gasteiger partial charge on any atom is -0.508 e. The molecule has 3 fully saturated rings. The highest BCUT2D eigenvalue weighted by atomic mass is 32.2. The number of nitrogens with one attached hydrogen (secondary N) is 2. The van der Waals surface area contributed by atoms with Gasteiger partial charge in [-0.15, -0.1) is 0 Å². The topological polar surface area (TPSA) is 119 Å².